The maximum absolute atomic E-state index is 13.0. The third kappa shape index (κ3) is 4.41. The molecule has 0 radical (unpaired) electrons. The minimum atomic E-state index is -0.209. The number of amides is 2. The van der Waals surface area contributed by atoms with Gasteiger partial charge in [0.25, 0.3) is 5.91 Å². The van der Waals surface area contributed by atoms with Gasteiger partial charge in [0.2, 0.25) is 5.91 Å². The van der Waals surface area contributed by atoms with Crippen molar-refractivity contribution in [2.45, 2.75) is 32.9 Å². The van der Waals surface area contributed by atoms with E-state index in [0.29, 0.717) is 15.7 Å². The van der Waals surface area contributed by atoms with Crippen molar-refractivity contribution in [3.63, 3.8) is 0 Å². The van der Waals surface area contributed by atoms with Gasteiger partial charge < -0.3 is 20.5 Å². The second-order valence-corrected chi connectivity index (χ2v) is 9.28. The highest BCUT2D eigenvalue weighted by Crippen LogP contribution is 2.29. The lowest BCUT2D eigenvalue weighted by Crippen LogP contribution is -2.45. The maximum atomic E-state index is 13.0. The molecule has 2 amide bonds. The van der Waals surface area contributed by atoms with E-state index in [1.54, 1.807) is 11.2 Å². The Bertz CT molecular complexity index is 1230. The Morgan fingerprint density at radius 1 is 1.24 bits per heavy atom. The molecule has 1 aromatic carbocycles. The number of carbonyl (C=O) groups excluding carboxylic acids is 2. The van der Waals surface area contributed by atoms with E-state index in [9.17, 15) is 9.59 Å². The number of anilines is 2. The first-order valence-corrected chi connectivity index (χ1v) is 11.8. The van der Waals surface area contributed by atoms with Crippen LogP contribution in [0.4, 0.5) is 10.8 Å². The highest BCUT2D eigenvalue weighted by Gasteiger charge is 2.24. The van der Waals surface area contributed by atoms with Crippen molar-refractivity contribution in [3.8, 4) is 0 Å². The molecule has 1 unspecified atom stereocenters. The van der Waals surface area contributed by atoms with E-state index in [4.69, 9.17) is 0 Å². The van der Waals surface area contributed by atoms with Gasteiger partial charge in [0.1, 0.15) is 17.6 Å². The number of aryl methyl sites for hydroxylation is 2. The fourth-order valence-electron chi connectivity index (χ4n) is 4.11. The van der Waals surface area contributed by atoms with Crippen molar-refractivity contribution in [1.29, 1.82) is 0 Å². The number of aromatic amines is 1. The third-order valence-electron chi connectivity index (χ3n) is 5.88. The Labute approximate surface area is 195 Å². The molecule has 0 bridgehead atoms. The molecule has 3 aromatic rings. The van der Waals surface area contributed by atoms with Crippen molar-refractivity contribution >= 4 is 44.9 Å². The van der Waals surface area contributed by atoms with E-state index in [0.717, 1.165) is 48.1 Å². The quantitative estimate of drug-likeness (QED) is 0.441. The fraction of sp³-hybridized carbons (Fsp3) is 0.364. The number of likely N-dealkylation sites (tertiary alicyclic amines) is 1. The van der Waals surface area contributed by atoms with Crippen LogP contribution in [-0.4, -0.2) is 62.7 Å². The summed E-state index contributed by atoms with van der Waals surface area (Å²) in [6, 6.07) is 3.89. The molecule has 4 N–H and O–H groups in total. The fourth-order valence-corrected chi connectivity index (χ4v) is 5.01. The summed E-state index contributed by atoms with van der Waals surface area (Å²) in [4.78, 5) is 32.3. The lowest BCUT2D eigenvalue weighted by Gasteiger charge is -2.22. The average Bonchev–Trinajstić information content (AvgIpc) is 3.57. The third-order valence-corrected chi connectivity index (χ3v) is 6.97. The summed E-state index contributed by atoms with van der Waals surface area (Å²) in [6.07, 6.45) is 7.44. The number of carbonyl (C=O) groups is 2. The maximum Gasteiger partial charge on any atom is 0.267 e. The average molecular weight is 467 g/mol. The molecule has 0 spiro atoms. The van der Waals surface area contributed by atoms with E-state index < -0.39 is 0 Å². The number of thiazole rings is 1. The number of hydrogen-bond acceptors (Lipinski definition) is 8. The number of benzene rings is 1. The van der Waals surface area contributed by atoms with E-state index in [1.807, 2.05) is 43.2 Å². The molecule has 1 saturated heterocycles. The van der Waals surface area contributed by atoms with Crippen molar-refractivity contribution in [1.82, 2.24) is 30.5 Å². The number of nitrogens with zero attached hydrogens (tertiary/aromatic N) is 4. The predicted molar refractivity (Wildman–Crippen MR) is 128 cm³/mol. The zero-order valence-electron chi connectivity index (χ0n) is 18.5. The van der Waals surface area contributed by atoms with E-state index in [-0.39, 0.29) is 24.5 Å². The smallest absolute Gasteiger partial charge is 0.267 e. The van der Waals surface area contributed by atoms with Crippen LogP contribution in [0, 0.1) is 13.8 Å². The van der Waals surface area contributed by atoms with E-state index in [1.165, 1.54) is 11.3 Å². The number of hydrogen-bond donors (Lipinski definition) is 4. The van der Waals surface area contributed by atoms with Crippen LogP contribution in [0.1, 0.15) is 33.8 Å². The minimum absolute atomic E-state index is 0.122. The van der Waals surface area contributed by atoms with Crippen molar-refractivity contribution in [2.75, 3.05) is 30.3 Å². The molecule has 172 valence electrons. The number of nitrogens with one attached hydrogen (secondary N) is 4. The van der Waals surface area contributed by atoms with Gasteiger partial charge in [-0.15, -0.1) is 0 Å². The van der Waals surface area contributed by atoms with Gasteiger partial charge in [0.15, 0.2) is 5.13 Å². The SMILES string of the molecule is Cc1ccc2[nH]ncc2c1NC(=O)c1sc(NC2C=CN(CC(=O)N3CCCC3)N2)nc1C. The van der Waals surface area contributed by atoms with Crippen molar-refractivity contribution in [2.24, 2.45) is 0 Å². The second-order valence-electron chi connectivity index (χ2n) is 8.28. The van der Waals surface area contributed by atoms with Gasteiger partial charge in [0.05, 0.1) is 23.1 Å². The second kappa shape index (κ2) is 8.83. The monoisotopic (exact) mass is 466 g/mol. The van der Waals surface area contributed by atoms with Crippen LogP contribution >= 0.6 is 11.3 Å². The van der Waals surface area contributed by atoms with E-state index in [2.05, 4.69) is 31.2 Å². The van der Waals surface area contributed by atoms with E-state index >= 15 is 0 Å². The predicted octanol–water partition coefficient (Wildman–Crippen LogP) is 2.58. The molecule has 4 heterocycles. The summed E-state index contributed by atoms with van der Waals surface area (Å²) in [6.45, 7) is 5.75. The Kier molecular flexibility index (Phi) is 5.73. The molecule has 1 atom stereocenters. The van der Waals surface area contributed by atoms with Gasteiger partial charge in [-0.25, -0.2) is 10.4 Å². The highest BCUT2D eigenvalue weighted by atomic mass is 32.1. The van der Waals surface area contributed by atoms with Crippen LogP contribution in [0.15, 0.2) is 30.6 Å². The molecule has 0 aliphatic carbocycles. The summed E-state index contributed by atoms with van der Waals surface area (Å²) in [7, 11) is 0. The van der Waals surface area contributed by atoms with Crippen molar-refractivity contribution in [3.05, 3.63) is 46.7 Å². The Hall–Kier alpha value is -3.44. The molecular weight excluding hydrogens is 440 g/mol. The van der Waals surface area contributed by atoms with Gasteiger partial charge in [-0.05, 0) is 44.4 Å². The molecule has 1 fully saturated rings. The summed E-state index contributed by atoms with van der Waals surface area (Å²) >= 11 is 1.30. The summed E-state index contributed by atoms with van der Waals surface area (Å²) < 4.78 is 0. The van der Waals surface area contributed by atoms with Gasteiger partial charge in [0, 0.05) is 24.7 Å². The van der Waals surface area contributed by atoms with Gasteiger partial charge in [-0.2, -0.15) is 5.10 Å². The zero-order chi connectivity index (χ0) is 22.9. The lowest BCUT2D eigenvalue weighted by molar-refractivity contribution is -0.131. The first-order valence-electron chi connectivity index (χ1n) is 10.9. The molecule has 11 heteroatoms. The van der Waals surface area contributed by atoms with Gasteiger partial charge in [-0.1, -0.05) is 17.4 Å². The Morgan fingerprint density at radius 3 is 2.88 bits per heavy atom. The summed E-state index contributed by atoms with van der Waals surface area (Å²) in [5, 5.41) is 16.6. The first-order chi connectivity index (χ1) is 16.0. The first kappa shape index (κ1) is 21.4. The molecule has 5 rings (SSSR count). The van der Waals surface area contributed by atoms with Crippen molar-refractivity contribution < 1.29 is 9.59 Å². The van der Waals surface area contributed by atoms with Crippen LogP contribution in [0.2, 0.25) is 0 Å². The van der Waals surface area contributed by atoms with Crippen LogP contribution in [0.5, 0.6) is 0 Å². The largest absolute Gasteiger partial charge is 0.341 e. The Balaban J connectivity index is 1.21. The van der Waals surface area contributed by atoms with Crippen LogP contribution < -0.4 is 16.1 Å². The number of rotatable bonds is 6. The lowest BCUT2D eigenvalue weighted by atomic mass is 10.1. The van der Waals surface area contributed by atoms with Gasteiger partial charge >= 0.3 is 0 Å². The number of hydrazine groups is 1. The summed E-state index contributed by atoms with van der Waals surface area (Å²) in [5.74, 6) is -0.0834. The van der Waals surface area contributed by atoms with Crippen LogP contribution in [0.3, 0.4) is 0 Å². The Morgan fingerprint density at radius 2 is 2.06 bits per heavy atom. The topological polar surface area (TPSA) is 118 Å². The van der Waals surface area contributed by atoms with Crippen LogP contribution in [0.25, 0.3) is 10.9 Å². The van der Waals surface area contributed by atoms with Crippen LogP contribution in [-0.2, 0) is 4.79 Å². The molecular formula is C22H26N8O2S. The molecule has 10 nitrogen and oxygen atoms in total. The summed E-state index contributed by atoms with van der Waals surface area (Å²) in [5.41, 5.74) is 6.46. The molecule has 2 aliphatic heterocycles. The zero-order valence-corrected chi connectivity index (χ0v) is 19.3. The standard InChI is InChI=1S/C22H26N8O2S/c1-13-5-6-16-15(11-23-27-16)19(13)26-21(32)20-14(2)24-22(33-20)25-17-7-10-30(28-17)12-18(31)29-8-3-4-9-29/h5-7,10-11,17,28H,3-4,8-9,12H2,1-2H3,(H,23,27)(H,24,25)(H,26,32). The molecule has 2 aliphatic rings. The molecule has 0 saturated carbocycles. The minimum Gasteiger partial charge on any atom is -0.341 e. The molecule has 33 heavy (non-hydrogen) atoms. The normalized spacial score (nSPS) is 17.8. The van der Waals surface area contributed by atoms with Gasteiger partial charge in [-0.3, -0.25) is 14.7 Å². The number of fused-ring (bicyclic) bond motifs is 1. The highest BCUT2D eigenvalue weighted by molar-refractivity contribution is 7.17. The molecule has 2 aromatic heterocycles. The number of H-pyrrole nitrogens is 1. The number of aromatic nitrogens is 3.